The predicted octanol–water partition coefficient (Wildman–Crippen LogP) is -0.315. The minimum atomic E-state index is -0.546. The number of nitrogens with one attached hydrogen (secondary N) is 4. The number of H-pyrrole nitrogens is 3. The second-order valence-electron chi connectivity index (χ2n) is 4.34. The Morgan fingerprint density at radius 3 is 2.71 bits per heavy atom. The summed E-state index contributed by atoms with van der Waals surface area (Å²) in [6, 6.07) is 0. The lowest BCUT2D eigenvalue weighted by atomic mass is 10.2. The zero-order valence-electron chi connectivity index (χ0n) is 9.76. The van der Waals surface area contributed by atoms with Gasteiger partial charge in [0.15, 0.2) is 5.65 Å². The Morgan fingerprint density at radius 2 is 2.00 bits per heavy atom. The van der Waals surface area contributed by atoms with Gasteiger partial charge in [-0.15, -0.1) is 0 Å². The van der Waals surface area contributed by atoms with Crippen LogP contribution in [0.1, 0.15) is 19.7 Å². The van der Waals surface area contributed by atoms with Gasteiger partial charge in [0.25, 0.3) is 5.56 Å². The molecule has 0 bridgehead atoms. The molecule has 0 aliphatic rings. The maximum Gasteiger partial charge on any atom is 0.327 e. The molecule has 7 nitrogen and oxygen atoms in total. The highest BCUT2D eigenvalue weighted by atomic mass is 16.2. The summed E-state index contributed by atoms with van der Waals surface area (Å²) >= 11 is 0. The molecule has 0 amide bonds. The van der Waals surface area contributed by atoms with E-state index in [2.05, 4.69) is 39.1 Å². The van der Waals surface area contributed by atoms with E-state index in [0.29, 0.717) is 29.5 Å². The summed E-state index contributed by atoms with van der Waals surface area (Å²) in [7, 11) is 0. The number of hydrogen-bond acceptors (Lipinski definition) is 4. The first-order chi connectivity index (χ1) is 8.06. The van der Waals surface area contributed by atoms with Crippen molar-refractivity contribution in [2.75, 3.05) is 6.54 Å². The SMILES string of the molecule is CC(C)CNCc1nc2[nH]c(=O)[nH]c(=O)c2[nH]1. The molecule has 0 aliphatic heterocycles. The van der Waals surface area contributed by atoms with Crippen LogP contribution in [0.5, 0.6) is 0 Å². The quantitative estimate of drug-likeness (QED) is 0.585. The van der Waals surface area contributed by atoms with Crippen molar-refractivity contribution in [1.29, 1.82) is 0 Å². The summed E-state index contributed by atoms with van der Waals surface area (Å²) in [5.41, 5.74) is -0.409. The molecule has 0 atom stereocenters. The molecule has 92 valence electrons. The molecule has 17 heavy (non-hydrogen) atoms. The number of rotatable bonds is 4. The van der Waals surface area contributed by atoms with Crippen LogP contribution in [0, 0.1) is 5.92 Å². The Hall–Kier alpha value is -1.89. The zero-order chi connectivity index (χ0) is 12.4. The highest BCUT2D eigenvalue weighted by molar-refractivity contribution is 5.68. The van der Waals surface area contributed by atoms with Crippen molar-refractivity contribution in [3.05, 3.63) is 26.7 Å². The van der Waals surface area contributed by atoms with Gasteiger partial charge in [0.05, 0.1) is 6.54 Å². The van der Waals surface area contributed by atoms with Crippen LogP contribution in [-0.4, -0.2) is 26.5 Å². The van der Waals surface area contributed by atoms with Crippen molar-refractivity contribution in [3.8, 4) is 0 Å². The molecule has 0 spiro atoms. The number of fused-ring (bicyclic) bond motifs is 1. The summed E-state index contributed by atoms with van der Waals surface area (Å²) in [6.07, 6.45) is 0. The summed E-state index contributed by atoms with van der Waals surface area (Å²) in [5, 5.41) is 3.20. The van der Waals surface area contributed by atoms with Gasteiger partial charge in [-0.1, -0.05) is 13.8 Å². The molecular weight excluding hydrogens is 222 g/mol. The normalized spacial score (nSPS) is 11.5. The van der Waals surface area contributed by atoms with E-state index >= 15 is 0 Å². The fraction of sp³-hybridized carbons (Fsp3) is 0.500. The minimum Gasteiger partial charge on any atom is -0.335 e. The molecule has 4 N–H and O–H groups in total. The predicted molar refractivity (Wildman–Crippen MR) is 63.9 cm³/mol. The van der Waals surface area contributed by atoms with Crippen LogP contribution < -0.4 is 16.6 Å². The monoisotopic (exact) mass is 237 g/mol. The summed E-state index contributed by atoms with van der Waals surface area (Å²) in [4.78, 5) is 34.1. The number of imidazole rings is 1. The molecule has 0 radical (unpaired) electrons. The largest absolute Gasteiger partial charge is 0.335 e. The van der Waals surface area contributed by atoms with E-state index in [1.54, 1.807) is 0 Å². The summed E-state index contributed by atoms with van der Waals surface area (Å²) in [6.45, 7) is 5.61. The molecule has 2 aromatic rings. The van der Waals surface area contributed by atoms with Crippen LogP contribution in [0.15, 0.2) is 9.59 Å². The van der Waals surface area contributed by atoms with E-state index in [0.717, 1.165) is 6.54 Å². The lowest BCUT2D eigenvalue weighted by molar-refractivity contribution is 0.545. The molecule has 7 heteroatoms. The van der Waals surface area contributed by atoms with E-state index < -0.39 is 11.2 Å². The number of nitrogens with zero attached hydrogens (tertiary/aromatic N) is 1. The molecule has 0 saturated heterocycles. The maximum atomic E-state index is 11.4. The van der Waals surface area contributed by atoms with Gasteiger partial charge in [-0.2, -0.15) is 0 Å². The van der Waals surface area contributed by atoms with Crippen molar-refractivity contribution in [2.24, 2.45) is 5.92 Å². The highest BCUT2D eigenvalue weighted by Crippen LogP contribution is 2.01. The highest BCUT2D eigenvalue weighted by Gasteiger charge is 2.07. The Bertz CT molecular complexity index is 621. The van der Waals surface area contributed by atoms with E-state index in [1.807, 2.05) is 0 Å². The van der Waals surface area contributed by atoms with Crippen LogP contribution in [0.25, 0.3) is 11.2 Å². The van der Waals surface area contributed by atoms with Crippen LogP contribution in [0.4, 0.5) is 0 Å². The van der Waals surface area contributed by atoms with Crippen molar-refractivity contribution >= 4 is 11.2 Å². The third kappa shape index (κ3) is 2.62. The molecule has 2 heterocycles. The van der Waals surface area contributed by atoms with Gasteiger partial charge >= 0.3 is 5.69 Å². The summed E-state index contributed by atoms with van der Waals surface area (Å²) < 4.78 is 0. The van der Waals surface area contributed by atoms with Crippen molar-refractivity contribution in [2.45, 2.75) is 20.4 Å². The number of hydrogen-bond donors (Lipinski definition) is 4. The molecule has 0 aliphatic carbocycles. The Labute approximate surface area is 96.7 Å². The standard InChI is InChI=1S/C10H15N5O2/c1-5(2)3-11-4-6-12-7-8(13-6)14-10(17)15-9(7)16/h5,11H,3-4H2,1-2H3,(H3,12,13,14,15,16,17). The van der Waals surface area contributed by atoms with E-state index in [4.69, 9.17) is 0 Å². The molecule has 2 rings (SSSR count). The fourth-order valence-electron chi connectivity index (χ4n) is 1.54. The molecule has 0 unspecified atom stereocenters. The van der Waals surface area contributed by atoms with E-state index in [-0.39, 0.29) is 0 Å². The molecular formula is C10H15N5O2. The average Bonchev–Trinajstić information content (AvgIpc) is 2.60. The second kappa shape index (κ2) is 4.54. The van der Waals surface area contributed by atoms with Gasteiger partial charge in [0, 0.05) is 0 Å². The lowest BCUT2D eigenvalue weighted by Crippen LogP contribution is -2.21. The van der Waals surface area contributed by atoms with Gasteiger partial charge in [-0.25, -0.2) is 9.78 Å². The van der Waals surface area contributed by atoms with E-state index in [1.165, 1.54) is 0 Å². The van der Waals surface area contributed by atoms with Crippen LogP contribution in [0.3, 0.4) is 0 Å². The molecule has 0 saturated carbocycles. The Morgan fingerprint density at radius 1 is 1.24 bits per heavy atom. The van der Waals surface area contributed by atoms with Gasteiger partial charge in [-0.3, -0.25) is 14.8 Å². The number of aromatic nitrogens is 4. The van der Waals surface area contributed by atoms with Gasteiger partial charge in [0.1, 0.15) is 11.3 Å². The van der Waals surface area contributed by atoms with Crippen LogP contribution in [-0.2, 0) is 6.54 Å². The van der Waals surface area contributed by atoms with Crippen LogP contribution >= 0.6 is 0 Å². The molecule has 0 fully saturated rings. The third-order valence-corrected chi connectivity index (χ3v) is 2.28. The zero-order valence-corrected chi connectivity index (χ0v) is 9.76. The first-order valence-corrected chi connectivity index (χ1v) is 5.48. The smallest absolute Gasteiger partial charge is 0.327 e. The Balaban J connectivity index is 2.23. The fourth-order valence-corrected chi connectivity index (χ4v) is 1.54. The minimum absolute atomic E-state index is 0.292. The topological polar surface area (TPSA) is 106 Å². The van der Waals surface area contributed by atoms with Gasteiger partial charge in [0.2, 0.25) is 0 Å². The van der Waals surface area contributed by atoms with Gasteiger partial charge < -0.3 is 10.3 Å². The van der Waals surface area contributed by atoms with Crippen LogP contribution in [0.2, 0.25) is 0 Å². The summed E-state index contributed by atoms with van der Waals surface area (Å²) in [5.74, 6) is 1.18. The third-order valence-electron chi connectivity index (χ3n) is 2.28. The van der Waals surface area contributed by atoms with Crippen molar-refractivity contribution < 1.29 is 0 Å². The van der Waals surface area contributed by atoms with Gasteiger partial charge in [-0.05, 0) is 12.5 Å². The first kappa shape index (κ1) is 11.6. The molecule has 0 aromatic carbocycles. The maximum absolute atomic E-state index is 11.4. The Kier molecular flexibility index (Phi) is 3.10. The lowest BCUT2D eigenvalue weighted by Gasteiger charge is -2.04. The molecule has 2 aromatic heterocycles. The average molecular weight is 237 g/mol. The number of aromatic amines is 3. The van der Waals surface area contributed by atoms with E-state index in [9.17, 15) is 9.59 Å². The second-order valence-corrected chi connectivity index (χ2v) is 4.34. The van der Waals surface area contributed by atoms with Crippen molar-refractivity contribution in [1.82, 2.24) is 25.3 Å². The first-order valence-electron chi connectivity index (χ1n) is 5.48. The van der Waals surface area contributed by atoms with Crippen molar-refractivity contribution in [3.63, 3.8) is 0 Å².